The van der Waals surface area contributed by atoms with Crippen LogP contribution in [0.3, 0.4) is 0 Å². The van der Waals surface area contributed by atoms with Crippen molar-refractivity contribution in [3.05, 3.63) is 23.2 Å². The van der Waals surface area contributed by atoms with Gasteiger partial charge in [-0.3, -0.25) is 4.79 Å². The number of hydrogen-bond acceptors (Lipinski definition) is 4. The SMILES string of the molecule is Br.CCCCN1CN(CC(=O)OCC)c2cc(Cl)ccc21. The van der Waals surface area contributed by atoms with Gasteiger partial charge in [-0.15, -0.1) is 17.0 Å². The number of unbranched alkanes of at least 4 members (excludes halogenated alkanes) is 1. The topological polar surface area (TPSA) is 32.8 Å². The summed E-state index contributed by atoms with van der Waals surface area (Å²) in [7, 11) is 0. The van der Waals surface area contributed by atoms with Crippen LogP contribution in [0.4, 0.5) is 11.4 Å². The highest BCUT2D eigenvalue weighted by Crippen LogP contribution is 2.37. The van der Waals surface area contributed by atoms with Crippen LogP contribution in [0, 0.1) is 0 Å². The van der Waals surface area contributed by atoms with Crippen molar-refractivity contribution in [1.82, 2.24) is 0 Å². The number of rotatable bonds is 6. The highest BCUT2D eigenvalue weighted by atomic mass is 79.9. The second-order valence-corrected chi connectivity index (χ2v) is 5.33. The predicted molar refractivity (Wildman–Crippen MR) is 92.9 cm³/mol. The smallest absolute Gasteiger partial charge is 0.325 e. The van der Waals surface area contributed by atoms with Crippen LogP contribution in [0.1, 0.15) is 26.7 Å². The molecule has 0 amide bonds. The molecule has 1 aromatic rings. The van der Waals surface area contributed by atoms with Crippen molar-refractivity contribution in [2.24, 2.45) is 0 Å². The summed E-state index contributed by atoms with van der Waals surface area (Å²) in [6.45, 7) is 6.38. The van der Waals surface area contributed by atoms with Crippen LogP contribution >= 0.6 is 28.6 Å². The molecule has 0 radical (unpaired) electrons. The molecule has 0 fully saturated rings. The van der Waals surface area contributed by atoms with E-state index in [0.717, 1.165) is 30.8 Å². The van der Waals surface area contributed by atoms with Crippen LogP contribution in [-0.2, 0) is 9.53 Å². The van der Waals surface area contributed by atoms with Crippen molar-refractivity contribution in [3.8, 4) is 0 Å². The molecule has 0 saturated carbocycles. The van der Waals surface area contributed by atoms with Gasteiger partial charge in [-0.05, 0) is 31.5 Å². The molecule has 4 nitrogen and oxygen atoms in total. The average Bonchev–Trinajstić information content (AvgIpc) is 2.74. The summed E-state index contributed by atoms with van der Waals surface area (Å²) in [6, 6.07) is 5.84. The van der Waals surface area contributed by atoms with E-state index in [1.165, 1.54) is 0 Å². The van der Waals surface area contributed by atoms with E-state index in [1.807, 2.05) is 30.0 Å². The number of hydrogen-bond donors (Lipinski definition) is 0. The van der Waals surface area contributed by atoms with Crippen molar-refractivity contribution in [3.63, 3.8) is 0 Å². The maximum atomic E-state index is 11.7. The van der Waals surface area contributed by atoms with Crippen LogP contribution in [0.2, 0.25) is 5.02 Å². The molecule has 0 spiro atoms. The van der Waals surface area contributed by atoms with Crippen LogP contribution in [-0.4, -0.2) is 32.3 Å². The molecule has 0 atom stereocenters. The van der Waals surface area contributed by atoms with E-state index in [2.05, 4.69) is 11.8 Å². The molecule has 0 unspecified atom stereocenters. The molecular weight excluding hydrogens is 356 g/mol. The lowest BCUT2D eigenvalue weighted by Gasteiger charge is -2.20. The molecule has 1 aliphatic rings. The number of esters is 1. The largest absolute Gasteiger partial charge is 0.465 e. The first-order valence-electron chi connectivity index (χ1n) is 7.10. The lowest BCUT2D eigenvalue weighted by atomic mass is 10.2. The second kappa shape index (κ2) is 8.49. The number of fused-ring (bicyclic) bond motifs is 1. The van der Waals surface area contributed by atoms with Crippen LogP contribution in [0.25, 0.3) is 0 Å². The Morgan fingerprint density at radius 2 is 2.05 bits per heavy atom. The van der Waals surface area contributed by atoms with Gasteiger partial charge in [-0.2, -0.15) is 0 Å². The van der Waals surface area contributed by atoms with Gasteiger partial charge in [0.15, 0.2) is 0 Å². The van der Waals surface area contributed by atoms with Gasteiger partial charge in [0, 0.05) is 11.6 Å². The van der Waals surface area contributed by atoms with Gasteiger partial charge in [0.2, 0.25) is 0 Å². The molecule has 6 heteroatoms. The summed E-state index contributed by atoms with van der Waals surface area (Å²) < 4.78 is 5.03. The number of benzene rings is 1. The first kappa shape index (κ1) is 18.1. The second-order valence-electron chi connectivity index (χ2n) is 4.89. The van der Waals surface area contributed by atoms with E-state index in [-0.39, 0.29) is 29.5 Å². The Kier molecular flexibility index (Phi) is 7.32. The summed E-state index contributed by atoms with van der Waals surface area (Å²) in [4.78, 5) is 16.0. The molecule has 0 aliphatic carbocycles. The van der Waals surface area contributed by atoms with Gasteiger partial charge in [-0.25, -0.2) is 0 Å². The lowest BCUT2D eigenvalue weighted by molar-refractivity contribution is -0.141. The van der Waals surface area contributed by atoms with Crippen molar-refractivity contribution in [2.75, 3.05) is 36.2 Å². The Labute approximate surface area is 141 Å². The van der Waals surface area contributed by atoms with Gasteiger partial charge < -0.3 is 14.5 Å². The molecular formula is C15H22BrClN2O2. The minimum atomic E-state index is -0.198. The van der Waals surface area contributed by atoms with Crippen molar-refractivity contribution in [1.29, 1.82) is 0 Å². The number of nitrogens with zero attached hydrogens (tertiary/aromatic N) is 2. The molecule has 0 bridgehead atoms. The Balaban J connectivity index is 0.00000220. The molecule has 0 saturated heterocycles. The van der Waals surface area contributed by atoms with Crippen molar-refractivity contribution >= 4 is 45.9 Å². The van der Waals surface area contributed by atoms with Crippen LogP contribution in [0.15, 0.2) is 18.2 Å². The van der Waals surface area contributed by atoms with Crippen molar-refractivity contribution in [2.45, 2.75) is 26.7 Å². The summed E-state index contributed by atoms with van der Waals surface area (Å²) in [6.07, 6.45) is 2.28. The summed E-state index contributed by atoms with van der Waals surface area (Å²) in [5.41, 5.74) is 2.16. The Hall–Kier alpha value is -0.940. The average molecular weight is 378 g/mol. The van der Waals surface area contributed by atoms with Crippen molar-refractivity contribution < 1.29 is 9.53 Å². The first-order valence-corrected chi connectivity index (χ1v) is 7.48. The minimum Gasteiger partial charge on any atom is -0.465 e. The standard InChI is InChI=1S/C15H21ClN2O2.BrH/c1-3-5-8-17-11-18(10-15(19)20-4-2)14-9-12(16)6-7-13(14)17;/h6-7,9H,3-5,8,10-11H2,1-2H3;1H. The number of halogens is 2. The van der Waals surface area contributed by atoms with Gasteiger partial charge in [0.25, 0.3) is 0 Å². The number of anilines is 2. The first-order chi connectivity index (χ1) is 9.65. The maximum absolute atomic E-state index is 11.7. The third-order valence-corrected chi connectivity index (χ3v) is 3.60. The fourth-order valence-corrected chi connectivity index (χ4v) is 2.58. The number of carbonyl (C=O) groups excluding carboxylic acids is 1. The molecule has 1 heterocycles. The monoisotopic (exact) mass is 376 g/mol. The number of carbonyl (C=O) groups is 1. The van der Waals surface area contributed by atoms with Gasteiger partial charge in [0.1, 0.15) is 6.54 Å². The normalized spacial score (nSPS) is 12.9. The highest BCUT2D eigenvalue weighted by Gasteiger charge is 2.27. The van der Waals surface area contributed by atoms with Crippen LogP contribution in [0.5, 0.6) is 0 Å². The van der Waals surface area contributed by atoms with E-state index in [9.17, 15) is 4.79 Å². The minimum absolute atomic E-state index is 0. The molecule has 0 N–H and O–H groups in total. The molecule has 1 aromatic carbocycles. The highest BCUT2D eigenvalue weighted by molar-refractivity contribution is 8.93. The zero-order valence-electron chi connectivity index (χ0n) is 12.5. The summed E-state index contributed by atoms with van der Waals surface area (Å²) in [5.74, 6) is -0.198. The molecule has 118 valence electrons. The fourth-order valence-electron chi connectivity index (χ4n) is 2.41. The summed E-state index contributed by atoms with van der Waals surface area (Å²) in [5, 5.41) is 0.690. The number of ether oxygens (including phenoxy) is 1. The maximum Gasteiger partial charge on any atom is 0.325 e. The van der Waals surface area contributed by atoms with E-state index < -0.39 is 0 Å². The Morgan fingerprint density at radius 3 is 2.71 bits per heavy atom. The Bertz CT molecular complexity index is 485. The Morgan fingerprint density at radius 1 is 1.29 bits per heavy atom. The van der Waals surface area contributed by atoms with Gasteiger partial charge >= 0.3 is 5.97 Å². The zero-order valence-corrected chi connectivity index (χ0v) is 14.9. The van der Waals surface area contributed by atoms with Gasteiger partial charge in [-0.1, -0.05) is 24.9 Å². The third kappa shape index (κ3) is 4.51. The van der Waals surface area contributed by atoms with E-state index >= 15 is 0 Å². The van der Waals surface area contributed by atoms with E-state index in [4.69, 9.17) is 16.3 Å². The zero-order chi connectivity index (χ0) is 14.5. The van der Waals surface area contributed by atoms with Crippen LogP contribution < -0.4 is 9.80 Å². The fraction of sp³-hybridized carbons (Fsp3) is 0.533. The molecule has 1 aliphatic heterocycles. The molecule has 0 aromatic heterocycles. The molecule has 2 rings (SSSR count). The van der Waals surface area contributed by atoms with Gasteiger partial charge in [0.05, 0.1) is 24.7 Å². The lowest BCUT2D eigenvalue weighted by Crippen LogP contribution is -2.35. The third-order valence-electron chi connectivity index (χ3n) is 3.37. The summed E-state index contributed by atoms with van der Waals surface area (Å²) >= 11 is 6.08. The predicted octanol–water partition coefficient (Wildman–Crippen LogP) is 3.87. The quantitative estimate of drug-likeness (QED) is 0.705. The molecule has 21 heavy (non-hydrogen) atoms. The van der Waals surface area contributed by atoms with E-state index in [1.54, 1.807) is 0 Å². The van der Waals surface area contributed by atoms with E-state index in [0.29, 0.717) is 18.3 Å².